The fraction of sp³-hybridized carbons (Fsp3) is 0.208. The number of esters is 1. The van der Waals surface area contributed by atoms with Crippen LogP contribution < -0.4 is 0 Å². The summed E-state index contributed by atoms with van der Waals surface area (Å²) in [4.78, 5) is 12.5. The summed E-state index contributed by atoms with van der Waals surface area (Å²) in [6, 6.07) is 22.8. The van der Waals surface area contributed by atoms with Crippen LogP contribution >= 0.6 is 0 Å². The third-order valence-corrected chi connectivity index (χ3v) is 4.60. The van der Waals surface area contributed by atoms with Crippen molar-refractivity contribution in [2.24, 2.45) is 5.92 Å². The Kier molecular flexibility index (Phi) is 7.31. The van der Waals surface area contributed by atoms with Crippen molar-refractivity contribution in [2.45, 2.75) is 19.8 Å². The third kappa shape index (κ3) is 4.55. The van der Waals surface area contributed by atoms with Gasteiger partial charge in [0.1, 0.15) is 17.7 Å². The van der Waals surface area contributed by atoms with E-state index in [9.17, 15) is 15.3 Å². The first kappa shape index (κ1) is 20.7. The first-order chi connectivity index (χ1) is 13.5. The molecule has 28 heavy (non-hydrogen) atoms. The van der Waals surface area contributed by atoms with Gasteiger partial charge in [-0.1, -0.05) is 74.2 Å². The van der Waals surface area contributed by atoms with Gasteiger partial charge < -0.3 is 4.74 Å². The van der Waals surface area contributed by atoms with Gasteiger partial charge in [-0.3, -0.25) is 0 Å². The minimum absolute atomic E-state index is 0.0243. The highest BCUT2D eigenvalue weighted by Crippen LogP contribution is 2.41. The summed E-state index contributed by atoms with van der Waals surface area (Å²) >= 11 is 0. The Morgan fingerprint density at radius 3 is 2.07 bits per heavy atom. The van der Waals surface area contributed by atoms with Crippen LogP contribution in [0.3, 0.4) is 0 Å². The molecular weight excluding hydrogens is 348 g/mol. The van der Waals surface area contributed by atoms with E-state index in [-0.39, 0.29) is 18.1 Å². The second-order valence-electron chi connectivity index (χ2n) is 6.30. The van der Waals surface area contributed by atoms with Crippen molar-refractivity contribution in [3.8, 4) is 12.1 Å². The Labute approximate surface area is 166 Å². The summed E-state index contributed by atoms with van der Waals surface area (Å²) in [7, 11) is 0. The highest BCUT2D eigenvalue weighted by Gasteiger charge is 2.31. The number of allylic oxidation sites excluding steroid dienone is 2. The number of rotatable bonds is 7. The van der Waals surface area contributed by atoms with Crippen LogP contribution in [0.15, 0.2) is 78.4 Å². The molecule has 0 aliphatic heterocycles. The molecule has 0 aromatic heterocycles. The average Bonchev–Trinajstić information content (AvgIpc) is 2.73. The second-order valence-corrected chi connectivity index (χ2v) is 6.30. The van der Waals surface area contributed by atoms with Crippen LogP contribution in [-0.4, -0.2) is 12.6 Å². The van der Waals surface area contributed by atoms with Gasteiger partial charge in [0.05, 0.1) is 6.61 Å². The zero-order valence-corrected chi connectivity index (χ0v) is 16.1. The van der Waals surface area contributed by atoms with E-state index in [1.54, 1.807) is 6.92 Å². The van der Waals surface area contributed by atoms with Crippen molar-refractivity contribution < 1.29 is 9.53 Å². The molecule has 140 valence electrons. The van der Waals surface area contributed by atoms with Crippen molar-refractivity contribution in [2.75, 3.05) is 6.61 Å². The van der Waals surface area contributed by atoms with Crippen LogP contribution in [0.5, 0.6) is 0 Å². The Morgan fingerprint density at radius 2 is 1.57 bits per heavy atom. The van der Waals surface area contributed by atoms with E-state index < -0.39 is 11.9 Å². The minimum atomic E-state index is -0.480. The van der Waals surface area contributed by atoms with Crippen LogP contribution in [0.25, 0.3) is 5.57 Å². The Balaban J connectivity index is 2.65. The lowest BCUT2D eigenvalue weighted by atomic mass is 9.75. The number of carbonyl (C=O) groups is 1. The molecule has 2 aromatic carbocycles. The van der Waals surface area contributed by atoms with Crippen LogP contribution in [0.4, 0.5) is 0 Å². The molecule has 0 N–H and O–H groups in total. The van der Waals surface area contributed by atoms with Crippen molar-refractivity contribution in [3.05, 3.63) is 89.5 Å². The van der Waals surface area contributed by atoms with Crippen molar-refractivity contribution in [1.82, 2.24) is 0 Å². The molecule has 2 atom stereocenters. The molecule has 0 spiro atoms. The van der Waals surface area contributed by atoms with Crippen molar-refractivity contribution in [1.29, 1.82) is 10.5 Å². The Morgan fingerprint density at radius 1 is 1.04 bits per heavy atom. The van der Waals surface area contributed by atoms with Crippen LogP contribution in [0, 0.1) is 28.6 Å². The lowest BCUT2D eigenvalue weighted by Crippen LogP contribution is -2.21. The van der Waals surface area contributed by atoms with E-state index in [0.29, 0.717) is 11.1 Å². The van der Waals surface area contributed by atoms with Gasteiger partial charge >= 0.3 is 5.97 Å². The smallest absolute Gasteiger partial charge is 0.334 e. The number of carbonyl (C=O) groups excluding carboxylic acids is 1. The lowest BCUT2D eigenvalue weighted by molar-refractivity contribution is -0.138. The predicted molar refractivity (Wildman–Crippen MR) is 109 cm³/mol. The van der Waals surface area contributed by atoms with Crippen LogP contribution in [0.2, 0.25) is 0 Å². The van der Waals surface area contributed by atoms with Gasteiger partial charge in [-0.15, -0.1) is 0 Å². The molecule has 2 rings (SSSR count). The standard InChI is InChI=1S/C24H22N2O2/c1-4-28-24(27)18(3)22(19-11-7-5-8-12-19)17(2)23(21(15-25)16-26)20-13-9-6-10-14-20/h5-14,17,22H,3-4H2,1-2H3. The molecule has 4 heteroatoms. The van der Waals surface area contributed by atoms with Crippen LogP contribution in [0.1, 0.15) is 30.9 Å². The fourth-order valence-electron chi connectivity index (χ4n) is 3.37. The van der Waals surface area contributed by atoms with Crippen LogP contribution in [-0.2, 0) is 9.53 Å². The van der Waals surface area contributed by atoms with Gasteiger partial charge in [0.2, 0.25) is 0 Å². The van der Waals surface area contributed by atoms with E-state index in [1.807, 2.05) is 79.7 Å². The van der Waals surface area contributed by atoms with E-state index in [2.05, 4.69) is 6.58 Å². The summed E-state index contributed by atoms with van der Waals surface area (Å²) in [5.74, 6) is -1.27. The summed E-state index contributed by atoms with van der Waals surface area (Å²) in [5.41, 5.74) is 2.55. The SMILES string of the molecule is C=C(C(=O)OCC)C(c1ccccc1)C(C)C(=C(C#N)C#N)c1ccccc1. The quantitative estimate of drug-likeness (QED) is 0.389. The zero-order chi connectivity index (χ0) is 20.5. The number of hydrogen-bond acceptors (Lipinski definition) is 4. The molecule has 0 fully saturated rings. The molecule has 0 radical (unpaired) electrons. The number of benzene rings is 2. The number of hydrogen-bond donors (Lipinski definition) is 0. The molecule has 0 bridgehead atoms. The number of nitriles is 2. The number of ether oxygens (including phenoxy) is 1. The molecule has 0 saturated heterocycles. The maximum absolute atomic E-state index is 12.5. The molecule has 0 amide bonds. The van der Waals surface area contributed by atoms with Gasteiger partial charge in [0.25, 0.3) is 0 Å². The number of nitrogens with zero attached hydrogens (tertiary/aromatic N) is 2. The van der Waals surface area contributed by atoms with Gasteiger partial charge in [0, 0.05) is 11.5 Å². The normalized spacial score (nSPS) is 12.0. The van der Waals surface area contributed by atoms with E-state index in [1.165, 1.54) is 0 Å². The van der Waals surface area contributed by atoms with Gasteiger partial charge in [-0.05, 0) is 29.5 Å². The van der Waals surface area contributed by atoms with E-state index in [0.717, 1.165) is 11.1 Å². The molecule has 0 aliphatic rings. The summed E-state index contributed by atoms with van der Waals surface area (Å²) < 4.78 is 5.17. The van der Waals surface area contributed by atoms with E-state index >= 15 is 0 Å². The first-order valence-electron chi connectivity index (χ1n) is 9.05. The molecule has 2 aromatic rings. The van der Waals surface area contributed by atoms with Crippen molar-refractivity contribution >= 4 is 11.5 Å². The van der Waals surface area contributed by atoms with Gasteiger partial charge in [-0.25, -0.2) is 4.79 Å². The molecular formula is C24H22N2O2. The highest BCUT2D eigenvalue weighted by atomic mass is 16.5. The molecule has 4 nitrogen and oxygen atoms in total. The summed E-state index contributed by atoms with van der Waals surface area (Å²) in [6.07, 6.45) is 0. The van der Waals surface area contributed by atoms with Gasteiger partial charge in [0.15, 0.2) is 0 Å². The largest absolute Gasteiger partial charge is 0.463 e. The Hall–Kier alpha value is -3.63. The maximum atomic E-state index is 12.5. The fourth-order valence-corrected chi connectivity index (χ4v) is 3.37. The molecule has 2 unspecified atom stereocenters. The first-order valence-corrected chi connectivity index (χ1v) is 9.05. The van der Waals surface area contributed by atoms with Gasteiger partial charge in [-0.2, -0.15) is 10.5 Å². The van der Waals surface area contributed by atoms with Crippen molar-refractivity contribution in [3.63, 3.8) is 0 Å². The summed E-state index contributed by atoms with van der Waals surface area (Å²) in [5, 5.41) is 19.1. The highest BCUT2D eigenvalue weighted by molar-refractivity contribution is 5.91. The topological polar surface area (TPSA) is 73.9 Å². The summed E-state index contributed by atoms with van der Waals surface area (Å²) in [6.45, 7) is 7.88. The molecule has 0 saturated carbocycles. The lowest BCUT2D eigenvalue weighted by Gasteiger charge is -2.28. The predicted octanol–water partition coefficient (Wildman–Crippen LogP) is 5.03. The third-order valence-electron chi connectivity index (χ3n) is 4.60. The van der Waals surface area contributed by atoms with E-state index in [4.69, 9.17) is 4.74 Å². The molecule has 0 aliphatic carbocycles. The second kappa shape index (κ2) is 9.90. The minimum Gasteiger partial charge on any atom is -0.463 e. The zero-order valence-electron chi connectivity index (χ0n) is 16.1. The molecule has 0 heterocycles. The monoisotopic (exact) mass is 370 g/mol. The Bertz CT molecular complexity index is 932. The average molecular weight is 370 g/mol. The maximum Gasteiger partial charge on any atom is 0.334 e.